The molecule has 6 heteroatoms. The number of hydrogen-bond acceptors (Lipinski definition) is 4. The zero-order valence-electron chi connectivity index (χ0n) is 17.3. The van der Waals surface area contributed by atoms with E-state index in [4.69, 9.17) is 0 Å². The molecular formula is C21H37N5O. The summed E-state index contributed by atoms with van der Waals surface area (Å²) in [5.41, 5.74) is 1.13. The van der Waals surface area contributed by atoms with Crippen molar-refractivity contribution in [3.8, 4) is 0 Å². The van der Waals surface area contributed by atoms with Crippen LogP contribution in [0.25, 0.3) is 0 Å². The van der Waals surface area contributed by atoms with Gasteiger partial charge < -0.3 is 25.3 Å². The summed E-state index contributed by atoms with van der Waals surface area (Å²) in [5.74, 6) is 0. The molecule has 1 aliphatic heterocycles. The van der Waals surface area contributed by atoms with Gasteiger partial charge in [0.1, 0.15) is 0 Å². The first kappa shape index (κ1) is 21.7. The molecule has 1 atom stereocenters. The molecule has 2 amide bonds. The first-order valence-corrected chi connectivity index (χ1v) is 10.3. The molecule has 1 unspecified atom stereocenters. The highest BCUT2D eigenvalue weighted by Gasteiger charge is 2.16. The highest BCUT2D eigenvalue weighted by atomic mass is 16.2. The van der Waals surface area contributed by atoms with E-state index in [2.05, 4.69) is 44.4 Å². The first-order chi connectivity index (χ1) is 13.1. The van der Waals surface area contributed by atoms with Crippen LogP contribution in [0.1, 0.15) is 31.4 Å². The summed E-state index contributed by atoms with van der Waals surface area (Å²) < 4.78 is 0. The van der Waals surface area contributed by atoms with E-state index in [1.807, 2.05) is 32.3 Å². The van der Waals surface area contributed by atoms with Gasteiger partial charge in [-0.1, -0.05) is 37.3 Å². The van der Waals surface area contributed by atoms with Crippen LogP contribution in [0.15, 0.2) is 30.3 Å². The van der Waals surface area contributed by atoms with Gasteiger partial charge in [0.25, 0.3) is 0 Å². The molecule has 2 rings (SSSR count). The van der Waals surface area contributed by atoms with Crippen LogP contribution < -0.4 is 10.6 Å². The van der Waals surface area contributed by atoms with Gasteiger partial charge >= 0.3 is 6.03 Å². The number of nitrogens with zero attached hydrogens (tertiary/aromatic N) is 3. The standard InChI is InChI=1S/C21H37N5O/c1-4-25-14-16-26(17-15-25)13-9-8-12-22-21(27)23-20(18-24(2)3)19-10-6-5-7-11-19/h5-7,10-11,20H,4,8-9,12-18H2,1-3H3,(H2,22,23,27). The van der Waals surface area contributed by atoms with Crippen LogP contribution in [0, 0.1) is 0 Å². The Morgan fingerprint density at radius 2 is 1.74 bits per heavy atom. The van der Waals surface area contributed by atoms with E-state index in [0.29, 0.717) is 0 Å². The minimum Gasteiger partial charge on any atom is -0.338 e. The van der Waals surface area contributed by atoms with E-state index in [-0.39, 0.29) is 12.1 Å². The van der Waals surface area contributed by atoms with E-state index in [1.54, 1.807) is 0 Å². The molecule has 1 heterocycles. The van der Waals surface area contributed by atoms with Crippen LogP contribution in [-0.4, -0.2) is 87.2 Å². The molecular weight excluding hydrogens is 338 g/mol. The molecule has 0 bridgehead atoms. The summed E-state index contributed by atoms with van der Waals surface area (Å²) in [6.07, 6.45) is 2.15. The fourth-order valence-electron chi connectivity index (χ4n) is 3.49. The lowest BCUT2D eigenvalue weighted by Crippen LogP contribution is -2.46. The zero-order chi connectivity index (χ0) is 19.5. The normalized spacial score (nSPS) is 17.0. The molecule has 0 aromatic heterocycles. The third-order valence-electron chi connectivity index (χ3n) is 5.15. The number of amides is 2. The Balaban J connectivity index is 1.63. The summed E-state index contributed by atoms with van der Waals surface area (Å²) in [6.45, 7) is 10.7. The molecule has 152 valence electrons. The largest absolute Gasteiger partial charge is 0.338 e. The van der Waals surface area contributed by atoms with Gasteiger partial charge in [0.05, 0.1) is 6.04 Å². The summed E-state index contributed by atoms with van der Waals surface area (Å²) >= 11 is 0. The lowest BCUT2D eigenvalue weighted by molar-refractivity contribution is 0.135. The Morgan fingerprint density at radius 3 is 2.37 bits per heavy atom. The van der Waals surface area contributed by atoms with Crippen LogP contribution in [0.4, 0.5) is 4.79 Å². The predicted molar refractivity (Wildman–Crippen MR) is 112 cm³/mol. The molecule has 1 aromatic rings. The quantitative estimate of drug-likeness (QED) is 0.614. The maximum atomic E-state index is 12.3. The second kappa shape index (κ2) is 12.0. The monoisotopic (exact) mass is 375 g/mol. The number of unbranched alkanes of at least 4 members (excludes halogenated alkanes) is 1. The molecule has 1 aliphatic rings. The van der Waals surface area contributed by atoms with Crippen molar-refractivity contribution in [3.63, 3.8) is 0 Å². The maximum Gasteiger partial charge on any atom is 0.315 e. The van der Waals surface area contributed by atoms with E-state index in [0.717, 1.165) is 44.6 Å². The first-order valence-electron chi connectivity index (χ1n) is 10.3. The summed E-state index contributed by atoms with van der Waals surface area (Å²) in [6, 6.07) is 10.1. The molecule has 27 heavy (non-hydrogen) atoms. The molecule has 1 aromatic carbocycles. The Labute approximate surface area is 164 Å². The average molecular weight is 376 g/mol. The number of piperazine rings is 1. The number of nitrogens with one attached hydrogen (secondary N) is 2. The van der Waals surface area contributed by atoms with E-state index >= 15 is 0 Å². The number of carbonyl (C=O) groups is 1. The van der Waals surface area contributed by atoms with Gasteiger partial charge in [-0.05, 0) is 45.6 Å². The Morgan fingerprint density at radius 1 is 1.07 bits per heavy atom. The molecule has 0 saturated carbocycles. The van der Waals surface area contributed by atoms with Crippen LogP contribution in [-0.2, 0) is 0 Å². The maximum absolute atomic E-state index is 12.3. The van der Waals surface area contributed by atoms with Crippen LogP contribution >= 0.6 is 0 Å². The van der Waals surface area contributed by atoms with E-state index < -0.39 is 0 Å². The van der Waals surface area contributed by atoms with Crippen molar-refractivity contribution in [2.24, 2.45) is 0 Å². The SMILES string of the molecule is CCN1CCN(CCCCNC(=O)NC(CN(C)C)c2ccccc2)CC1. The van der Waals surface area contributed by atoms with Gasteiger partial charge in [0.15, 0.2) is 0 Å². The molecule has 2 N–H and O–H groups in total. The fraction of sp³-hybridized carbons (Fsp3) is 0.667. The Kier molecular flexibility index (Phi) is 9.59. The minimum atomic E-state index is -0.0812. The van der Waals surface area contributed by atoms with Crippen molar-refractivity contribution < 1.29 is 4.79 Å². The third-order valence-corrected chi connectivity index (χ3v) is 5.15. The lowest BCUT2D eigenvalue weighted by Gasteiger charge is -2.34. The number of urea groups is 1. The van der Waals surface area contributed by atoms with Gasteiger partial charge in [-0.15, -0.1) is 0 Å². The van der Waals surface area contributed by atoms with Crippen LogP contribution in [0.3, 0.4) is 0 Å². The van der Waals surface area contributed by atoms with Crippen molar-refractivity contribution in [1.82, 2.24) is 25.3 Å². The van der Waals surface area contributed by atoms with Crippen molar-refractivity contribution in [2.75, 3.05) is 66.5 Å². The molecule has 1 saturated heterocycles. The summed E-state index contributed by atoms with van der Waals surface area (Å²) in [4.78, 5) is 19.4. The predicted octanol–water partition coefficient (Wildman–Crippen LogP) is 2.01. The minimum absolute atomic E-state index is 0.00365. The number of hydrogen-bond donors (Lipinski definition) is 2. The topological polar surface area (TPSA) is 50.9 Å². The zero-order valence-corrected chi connectivity index (χ0v) is 17.3. The van der Waals surface area contributed by atoms with Crippen molar-refractivity contribution >= 4 is 6.03 Å². The van der Waals surface area contributed by atoms with Crippen molar-refractivity contribution in [1.29, 1.82) is 0 Å². The van der Waals surface area contributed by atoms with Gasteiger partial charge in [0.2, 0.25) is 0 Å². The van der Waals surface area contributed by atoms with Crippen LogP contribution in [0.5, 0.6) is 0 Å². The van der Waals surface area contributed by atoms with E-state index in [9.17, 15) is 4.79 Å². The van der Waals surface area contributed by atoms with Gasteiger partial charge in [0, 0.05) is 39.3 Å². The highest BCUT2D eigenvalue weighted by molar-refractivity contribution is 5.74. The van der Waals surface area contributed by atoms with Gasteiger partial charge in [-0.2, -0.15) is 0 Å². The molecule has 6 nitrogen and oxygen atoms in total. The summed E-state index contributed by atoms with van der Waals surface area (Å²) in [5, 5.41) is 6.12. The van der Waals surface area contributed by atoms with Crippen LogP contribution in [0.2, 0.25) is 0 Å². The smallest absolute Gasteiger partial charge is 0.315 e. The molecule has 0 spiro atoms. The number of likely N-dealkylation sites (N-methyl/N-ethyl adjacent to an activating group) is 2. The van der Waals surface area contributed by atoms with Crippen molar-refractivity contribution in [2.45, 2.75) is 25.8 Å². The van der Waals surface area contributed by atoms with Crippen molar-refractivity contribution in [3.05, 3.63) is 35.9 Å². The fourth-order valence-corrected chi connectivity index (χ4v) is 3.49. The Hall–Kier alpha value is -1.63. The number of benzene rings is 1. The van der Waals surface area contributed by atoms with E-state index in [1.165, 1.54) is 26.2 Å². The molecule has 1 fully saturated rings. The summed E-state index contributed by atoms with van der Waals surface area (Å²) in [7, 11) is 4.05. The van der Waals surface area contributed by atoms with Gasteiger partial charge in [-0.25, -0.2) is 4.79 Å². The van der Waals surface area contributed by atoms with Gasteiger partial charge in [-0.3, -0.25) is 0 Å². The number of rotatable bonds is 10. The Bertz CT molecular complexity index is 529. The average Bonchev–Trinajstić information content (AvgIpc) is 2.68. The lowest BCUT2D eigenvalue weighted by atomic mass is 10.1. The second-order valence-corrected chi connectivity index (χ2v) is 7.61. The highest BCUT2D eigenvalue weighted by Crippen LogP contribution is 2.13. The molecule has 0 radical (unpaired) electrons. The molecule has 0 aliphatic carbocycles. The third kappa shape index (κ3) is 8.28. The second-order valence-electron chi connectivity index (χ2n) is 7.61. The number of carbonyl (C=O) groups excluding carboxylic acids is 1.